The van der Waals surface area contributed by atoms with E-state index in [2.05, 4.69) is 5.32 Å². The molecule has 6 heteroatoms. The van der Waals surface area contributed by atoms with E-state index in [4.69, 9.17) is 4.42 Å². The lowest BCUT2D eigenvalue weighted by molar-refractivity contribution is 0.0700. The number of anilines is 1. The molecule has 104 valence electrons. The number of rotatable bonds is 4. The Bertz CT molecular complexity index is 681. The first-order valence-corrected chi connectivity index (χ1v) is 7.10. The van der Waals surface area contributed by atoms with Gasteiger partial charge in [-0.3, -0.25) is 4.79 Å². The Hall–Kier alpha value is -2.08. The quantitative estimate of drug-likeness (QED) is 0.903. The molecule has 0 atom stereocenters. The van der Waals surface area contributed by atoms with Gasteiger partial charge in [-0.1, -0.05) is 0 Å². The van der Waals surface area contributed by atoms with E-state index >= 15 is 0 Å². The van der Waals surface area contributed by atoms with E-state index in [9.17, 15) is 14.7 Å². The largest absolute Gasteiger partial charge is 0.477 e. The van der Waals surface area contributed by atoms with Crippen LogP contribution in [-0.2, 0) is 0 Å². The maximum absolute atomic E-state index is 12.0. The first-order valence-electron chi connectivity index (χ1n) is 6.28. The van der Waals surface area contributed by atoms with Gasteiger partial charge >= 0.3 is 5.97 Å². The van der Waals surface area contributed by atoms with Crippen LogP contribution in [0.2, 0.25) is 0 Å². The van der Waals surface area contributed by atoms with Crippen molar-refractivity contribution in [2.75, 3.05) is 5.32 Å². The summed E-state index contributed by atoms with van der Waals surface area (Å²) in [7, 11) is 0. The molecule has 0 spiro atoms. The van der Waals surface area contributed by atoms with E-state index in [-0.39, 0.29) is 11.7 Å². The highest BCUT2D eigenvalue weighted by atomic mass is 32.1. The fraction of sp³-hybridized carbons (Fsp3) is 0.286. The van der Waals surface area contributed by atoms with E-state index < -0.39 is 5.97 Å². The summed E-state index contributed by atoms with van der Waals surface area (Å²) in [6, 6.07) is 3.48. The first-order chi connectivity index (χ1) is 9.56. The molecule has 2 aromatic heterocycles. The zero-order valence-corrected chi connectivity index (χ0v) is 11.6. The van der Waals surface area contributed by atoms with Crippen LogP contribution < -0.4 is 5.32 Å². The van der Waals surface area contributed by atoms with E-state index in [0.717, 1.165) is 35.3 Å². The molecule has 1 fully saturated rings. The Morgan fingerprint density at radius 3 is 2.75 bits per heavy atom. The molecule has 2 aromatic rings. The Morgan fingerprint density at radius 2 is 2.20 bits per heavy atom. The van der Waals surface area contributed by atoms with Crippen molar-refractivity contribution in [3.63, 3.8) is 0 Å². The summed E-state index contributed by atoms with van der Waals surface area (Å²) in [5, 5.41) is 12.4. The lowest BCUT2D eigenvalue weighted by atomic mass is 10.1. The number of carboxylic acid groups (broad SMARTS) is 1. The summed E-state index contributed by atoms with van der Waals surface area (Å²) in [6.45, 7) is 1.78. The third-order valence-electron chi connectivity index (χ3n) is 3.28. The first kappa shape index (κ1) is 12.9. The molecular weight excluding hydrogens is 278 g/mol. The maximum Gasteiger partial charge on any atom is 0.346 e. The fourth-order valence-electron chi connectivity index (χ4n) is 2.11. The van der Waals surface area contributed by atoms with Crippen LogP contribution >= 0.6 is 11.3 Å². The van der Waals surface area contributed by atoms with Crippen molar-refractivity contribution in [2.45, 2.75) is 25.7 Å². The van der Waals surface area contributed by atoms with Gasteiger partial charge < -0.3 is 14.8 Å². The molecule has 0 aromatic carbocycles. The average Bonchev–Trinajstić information content (AvgIpc) is 3.01. The third kappa shape index (κ3) is 2.34. The minimum absolute atomic E-state index is 0.253. The Labute approximate surface area is 119 Å². The molecule has 1 aliphatic carbocycles. The van der Waals surface area contributed by atoms with Crippen LogP contribution in [0.25, 0.3) is 0 Å². The van der Waals surface area contributed by atoms with Crippen LogP contribution in [0.3, 0.4) is 0 Å². The highest BCUT2D eigenvalue weighted by molar-refractivity contribution is 7.18. The minimum Gasteiger partial charge on any atom is -0.477 e. The van der Waals surface area contributed by atoms with Gasteiger partial charge in [-0.25, -0.2) is 4.79 Å². The van der Waals surface area contributed by atoms with Gasteiger partial charge in [-0.15, -0.1) is 11.3 Å². The molecule has 2 N–H and O–H groups in total. The van der Waals surface area contributed by atoms with Gasteiger partial charge in [-0.05, 0) is 43.4 Å². The number of carbonyl (C=O) groups excluding carboxylic acids is 1. The van der Waals surface area contributed by atoms with Crippen LogP contribution in [-0.4, -0.2) is 17.0 Å². The van der Waals surface area contributed by atoms with Crippen molar-refractivity contribution in [1.29, 1.82) is 0 Å². The molecule has 1 saturated carbocycles. The van der Waals surface area contributed by atoms with Crippen molar-refractivity contribution in [1.82, 2.24) is 0 Å². The highest BCUT2D eigenvalue weighted by Gasteiger charge is 2.30. The van der Waals surface area contributed by atoms with Gasteiger partial charge in [0.05, 0.1) is 11.3 Å². The number of aromatic carboxylic acids is 1. The lowest BCUT2D eigenvalue weighted by Gasteiger charge is -1.99. The summed E-state index contributed by atoms with van der Waals surface area (Å²) >= 11 is 1.09. The van der Waals surface area contributed by atoms with Crippen LogP contribution in [0.1, 0.15) is 50.1 Å². The lowest BCUT2D eigenvalue weighted by Crippen LogP contribution is -2.10. The molecule has 1 amide bonds. The normalized spacial score (nSPS) is 14.2. The second-order valence-corrected chi connectivity index (χ2v) is 5.91. The Balaban J connectivity index is 1.84. The van der Waals surface area contributed by atoms with Crippen LogP contribution in [0.5, 0.6) is 0 Å². The molecule has 2 heterocycles. The summed E-state index contributed by atoms with van der Waals surface area (Å²) in [5.74, 6) is -0.712. The number of carbonyl (C=O) groups is 2. The van der Waals surface area contributed by atoms with E-state index in [1.807, 2.05) is 0 Å². The van der Waals surface area contributed by atoms with Crippen molar-refractivity contribution in [3.8, 4) is 0 Å². The summed E-state index contributed by atoms with van der Waals surface area (Å²) in [5.41, 5.74) is 1.58. The Morgan fingerprint density at radius 1 is 1.45 bits per heavy atom. The number of aryl methyl sites for hydroxylation is 1. The number of carboxylic acids is 1. The molecule has 0 bridgehead atoms. The highest BCUT2D eigenvalue weighted by Crippen LogP contribution is 2.45. The van der Waals surface area contributed by atoms with Gasteiger partial charge in [0.25, 0.3) is 5.91 Å². The van der Waals surface area contributed by atoms with Crippen molar-refractivity contribution in [2.24, 2.45) is 0 Å². The second kappa shape index (κ2) is 4.79. The molecular formula is C14H13NO4S. The van der Waals surface area contributed by atoms with Crippen LogP contribution in [0.4, 0.5) is 5.00 Å². The number of furan rings is 1. The monoisotopic (exact) mass is 291 g/mol. The van der Waals surface area contributed by atoms with Gasteiger partial charge in [0.1, 0.15) is 4.88 Å². The smallest absolute Gasteiger partial charge is 0.346 e. The summed E-state index contributed by atoms with van der Waals surface area (Å²) in [6.07, 6.45) is 3.49. The van der Waals surface area contributed by atoms with E-state index in [1.165, 1.54) is 6.26 Å². The second-order valence-electron chi connectivity index (χ2n) is 4.86. The number of hydrogen-bond donors (Lipinski definition) is 2. The summed E-state index contributed by atoms with van der Waals surface area (Å²) < 4.78 is 5.12. The maximum atomic E-state index is 12.0. The molecule has 3 rings (SSSR count). The topological polar surface area (TPSA) is 79.5 Å². The molecule has 0 aliphatic heterocycles. The van der Waals surface area contributed by atoms with Crippen molar-refractivity contribution >= 4 is 28.2 Å². The molecule has 5 nitrogen and oxygen atoms in total. The molecule has 0 saturated heterocycles. The van der Waals surface area contributed by atoms with E-state index in [1.54, 1.807) is 19.1 Å². The number of hydrogen-bond acceptors (Lipinski definition) is 4. The Kier molecular flexibility index (Phi) is 3.10. The van der Waals surface area contributed by atoms with Crippen LogP contribution in [0, 0.1) is 6.92 Å². The van der Waals surface area contributed by atoms with Crippen molar-refractivity contribution < 1.29 is 19.1 Å². The standard InChI is InChI=1S/C14H13NO4S/c1-7-4-5-19-11(7)13(16)15-10-6-9(8-2-3-8)12(20-10)14(17)18/h4-6,8H,2-3H2,1H3,(H,15,16)(H,17,18). The molecule has 0 radical (unpaired) electrons. The zero-order valence-electron chi connectivity index (χ0n) is 10.8. The predicted octanol–water partition coefficient (Wildman–Crippen LogP) is 3.48. The predicted molar refractivity (Wildman–Crippen MR) is 74.7 cm³/mol. The van der Waals surface area contributed by atoms with Crippen LogP contribution in [0.15, 0.2) is 22.8 Å². The zero-order chi connectivity index (χ0) is 14.3. The van der Waals surface area contributed by atoms with E-state index in [0.29, 0.717) is 15.8 Å². The van der Waals surface area contributed by atoms with Gasteiger partial charge in [0.15, 0.2) is 5.76 Å². The molecule has 0 unspecified atom stereocenters. The summed E-state index contributed by atoms with van der Waals surface area (Å²) in [4.78, 5) is 23.6. The number of amides is 1. The minimum atomic E-state index is -0.938. The molecule has 20 heavy (non-hydrogen) atoms. The average molecular weight is 291 g/mol. The van der Waals surface area contributed by atoms with Gasteiger partial charge in [-0.2, -0.15) is 0 Å². The SMILES string of the molecule is Cc1ccoc1C(=O)Nc1cc(C2CC2)c(C(=O)O)s1. The fourth-order valence-corrected chi connectivity index (χ4v) is 3.09. The number of nitrogens with one attached hydrogen (secondary N) is 1. The third-order valence-corrected chi connectivity index (χ3v) is 4.33. The number of thiophene rings is 1. The van der Waals surface area contributed by atoms with Gasteiger partial charge in [0, 0.05) is 5.56 Å². The van der Waals surface area contributed by atoms with Gasteiger partial charge in [0.2, 0.25) is 0 Å². The van der Waals surface area contributed by atoms with Crippen molar-refractivity contribution in [3.05, 3.63) is 40.2 Å². The molecule has 1 aliphatic rings.